The van der Waals surface area contributed by atoms with Gasteiger partial charge in [-0.25, -0.2) is 5.26 Å². The van der Waals surface area contributed by atoms with Crippen molar-refractivity contribution in [2.75, 3.05) is 0 Å². The van der Waals surface area contributed by atoms with Crippen molar-refractivity contribution in [3.8, 4) is 6.57 Å². The number of rotatable bonds is 0. The van der Waals surface area contributed by atoms with E-state index >= 15 is 0 Å². The van der Waals surface area contributed by atoms with Crippen LogP contribution in [0.1, 0.15) is 0 Å². The summed E-state index contributed by atoms with van der Waals surface area (Å²) in [4.78, 5) is 0. The van der Waals surface area contributed by atoms with E-state index in [2.05, 4.69) is 6.57 Å². The zero-order valence-electron chi connectivity index (χ0n) is 1.84. The Balaban J connectivity index is -0.00000000167. The van der Waals surface area contributed by atoms with Crippen molar-refractivity contribution in [1.82, 2.24) is 0 Å². The summed E-state index contributed by atoms with van der Waals surface area (Å²) in [6.45, 7) is 3.50. The van der Waals surface area contributed by atoms with Crippen LogP contribution in [0, 0.1) is 11.8 Å². The largest absolute Gasteiger partial charge is 0 e. The molecule has 0 heterocycles. The first-order valence-corrected chi connectivity index (χ1v) is 0.258. The fraction of sp³-hybridized carbons (Fsp3) is 0. The summed E-state index contributed by atoms with van der Waals surface area (Å²) < 4.78 is 0. The molecule has 0 aliphatic rings. The molecule has 2 N–H and O–H groups in total. The Bertz CT molecular complexity index is 16.4. The summed E-state index contributed by atoms with van der Waals surface area (Å²) in [7, 11) is 0. The first-order chi connectivity index (χ1) is 1.00. The zero-order chi connectivity index (χ0) is 2.00. The van der Waals surface area contributed by atoms with E-state index in [1.165, 1.54) is 0 Å². The first-order valence-electron chi connectivity index (χ1n) is 0.258. The van der Waals surface area contributed by atoms with Crippen LogP contribution in [0.2, 0.25) is 0 Å². The molecular weight excluding hydrogens is 188 g/mol. The van der Waals surface area contributed by atoms with Crippen LogP contribution >= 0.6 is 0 Å². The third-order valence-electron chi connectivity index (χ3n) is 0. The molecular formula is CH4KNOPd. The Morgan fingerprint density at radius 2 is 1.20 bits per heavy atom. The van der Waals surface area contributed by atoms with Gasteiger partial charge in [0.05, 0.1) is 0 Å². The molecule has 0 saturated heterocycles. The number of nitrogens with zero attached hydrogens (tertiary/aromatic N) is 1. The molecule has 0 saturated carbocycles. The van der Waals surface area contributed by atoms with E-state index in [0.29, 0.717) is 0 Å². The van der Waals surface area contributed by atoms with Gasteiger partial charge in [0.1, 0.15) is 0 Å². The molecule has 0 bridgehead atoms. The van der Waals surface area contributed by atoms with Crippen molar-refractivity contribution in [3.05, 3.63) is 0 Å². The molecule has 2 nitrogen and oxygen atoms in total. The van der Waals surface area contributed by atoms with E-state index < -0.39 is 0 Å². The van der Waals surface area contributed by atoms with E-state index in [9.17, 15) is 0 Å². The van der Waals surface area contributed by atoms with Crippen LogP contribution in [-0.2, 0) is 20.4 Å². The molecule has 0 fully saturated rings. The van der Waals surface area contributed by atoms with Gasteiger partial charge in [0.2, 0.25) is 0 Å². The van der Waals surface area contributed by atoms with Crippen LogP contribution in [0.25, 0.3) is 0 Å². The van der Waals surface area contributed by atoms with Crippen LogP contribution in [0.5, 0.6) is 0 Å². The summed E-state index contributed by atoms with van der Waals surface area (Å²) in [6, 6.07) is 0. The van der Waals surface area contributed by atoms with E-state index in [-0.39, 0.29) is 77.3 Å². The number of nitriles is 1. The van der Waals surface area contributed by atoms with Crippen molar-refractivity contribution in [3.63, 3.8) is 0 Å². The van der Waals surface area contributed by atoms with Gasteiger partial charge in [-0.3, -0.25) is 0 Å². The molecule has 0 radical (unpaired) electrons. The van der Waals surface area contributed by atoms with Crippen LogP contribution in [0.3, 0.4) is 0 Å². The molecule has 4 heteroatoms. The molecule has 0 atom stereocenters. The fourth-order valence-corrected chi connectivity index (χ4v) is 0. The Morgan fingerprint density at radius 1 is 1.20 bits per heavy atom. The Kier molecular flexibility index (Phi) is 250. The second-order valence-corrected chi connectivity index (χ2v) is 0. The summed E-state index contributed by atoms with van der Waals surface area (Å²) in [5.41, 5.74) is 0. The van der Waals surface area contributed by atoms with Gasteiger partial charge >= 0.3 is 51.4 Å². The molecule has 0 aliphatic heterocycles. The summed E-state index contributed by atoms with van der Waals surface area (Å²) in [5, 5.41) is 6.50. The normalized spacial score (nSPS) is 0.400. The Labute approximate surface area is 87.3 Å². The predicted octanol–water partition coefficient (Wildman–Crippen LogP) is -1.34. The van der Waals surface area contributed by atoms with Gasteiger partial charge in [-0.15, -0.1) is 0 Å². The van der Waals surface area contributed by atoms with Gasteiger partial charge in [0.15, 0.2) is 0 Å². The molecule has 0 aromatic rings. The summed E-state index contributed by atoms with van der Waals surface area (Å²) in [5.74, 6) is 0. The van der Waals surface area contributed by atoms with Crippen molar-refractivity contribution in [2.45, 2.75) is 0 Å². The SMILES string of the molecule is C#N.O.[KH].[Pd]. The fourth-order valence-electron chi connectivity index (χ4n) is 0. The predicted molar refractivity (Wildman–Crippen MR) is 17.4 cm³/mol. The molecule has 30 valence electrons. The summed E-state index contributed by atoms with van der Waals surface area (Å²) in [6.07, 6.45) is 0. The molecule has 0 spiro atoms. The van der Waals surface area contributed by atoms with E-state index in [1.807, 2.05) is 0 Å². The molecule has 0 aliphatic carbocycles. The maximum Gasteiger partial charge on any atom is 0 e. The zero-order valence-corrected chi connectivity index (χ0v) is 3.40. The van der Waals surface area contributed by atoms with Crippen molar-refractivity contribution in [2.24, 2.45) is 0 Å². The maximum absolute atomic E-state index is 6.50. The van der Waals surface area contributed by atoms with Gasteiger partial charge in [-0.2, -0.15) is 0 Å². The average molecular weight is 192 g/mol. The minimum Gasteiger partial charge on any atom is 0 e. The van der Waals surface area contributed by atoms with Crippen LogP contribution < -0.4 is 0 Å². The molecule has 0 aromatic heterocycles. The first kappa shape index (κ1) is 29.5. The number of hydrogen-bond acceptors (Lipinski definition) is 1. The van der Waals surface area contributed by atoms with Gasteiger partial charge in [-0.1, -0.05) is 0 Å². The third-order valence-corrected chi connectivity index (χ3v) is 0. The van der Waals surface area contributed by atoms with Crippen LogP contribution in [-0.4, -0.2) is 56.9 Å². The van der Waals surface area contributed by atoms with Gasteiger partial charge in [0, 0.05) is 27.0 Å². The molecule has 0 unspecified atom stereocenters. The van der Waals surface area contributed by atoms with Crippen molar-refractivity contribution >= 4 is 51.4 Å². The smallest absolute Gasteiger partial charge is 0 e. The van der Waals surface area contributed by atoms with E-state index in [4.69, 9.17) is 5.26 Å². The van der Waals surface area contributed by atoms with Gasteiger partial charge in [-0.05, 0) is 0 Å². The molecule has 5 heavy (non-hydrogen) atoms. The minimum atomic E-state index is 0. The average Bonchev–Trinajstić information content (AvgIpc) is 1.00. The monoisotopic (exact) mass is 191 g/mol. The van der Waals surface area contributed by atoms with Crippen molar-refractivity contribution in [1.29, 1.82) is 5.26 Å². The van der Waals surface area contributed by atoms with Gasteiger partial charge in [0.25, 0.3) is 0 Å². The minimum absolute atomic E-state index is 0. The number of hydrogen-bond donors (Lipinski definition) is 0. The second-order valence-electron chi connectivity index (χ2n) is 0. The van der Waals surface area contributed by atoms with E-state index in [1.54, 1.807) is 0 Å². The Morgan fingerprint density at radius 3 is 1.20 bits per heavy atom. The van der Waals surface area contributed by atoms with Crippen LogP contribution in [0.15, 0.2) is 0 Å². The van der Waals surface area contributed by atoms with Crippen LogP contribution in [0.4, 0.5) is 0 Å². The topological polar surface area (TPSA) is 55.3 Å². The maximum atomic E-state index is 6.50. The summed E-state index contributed by atoms with van der Waals surface area (Å²) >= 11 is 0. The van der Waals surface area contributed by atoms with E-state index in [0.717, 1.165) is 0 Å². The second kappa shape index (κ2) is 42.4. The molecule has 0 amide bonds. The standard InChI is InChI=1S/CHN.K.H2O.Pd.H/c1-2;;;;/h1H;;1H2;;. The Hall–Kier alpha value is 1.75. The third kappa shape index (κ3) is 26.4. The van der Waals surface area contributed by atoms with Gasteiger partial charge < -0.3 is 5.48 Å². The van der Waals surface area contributed by atoms with Crippen molar-refractivity contribution < 1.29 is 25.9 Å². The molecule has 0 aromatic carbocycles. The quantitative estimate of drug-likeness (QED) is 0.438. The molecule has 0 rings (SSSR count).